The van der Waals surface area contributed by atoms with Crippen molar-refractivity contribution in [1.29, 1.82) is 0 Å². The lowest BCUT2D eigenvalue weighted by atomic mass is 9.85. The van der Waals surface area contributed by atoms with Gasteiger partial charge in [-0.2, -0.15) is 0 Å². The molecule has 0 aromatic rings. The molecular weight excluding hydrogens is 258 g/mol. The summed E-state index contributed by atoms with van der Waals surface area (Å²) >= 11 is 0. The Kier molecular flexibility index (Phi) is 5.21. The van der Waals surface area contributed by atoms with Crippen LogP contribution in [0.2, 0.25) is 0 Å². The van der Waals surface area contributed by atoms with Gasteiger partial charge >= 0.3 is 6.09 Å². The highest BCUT2D eigenvalue weighted by atomic mass is 16.6. The molecule has 116 valence electrons. The van der Waals surface area contributed by atoms with Crippen LogP contribution in [0.5, 0.6) is 0 Å². The number of rotatable bonds is 3. The van der Waals surface area contributed by atoms with Gasteiger partial charge in [-0.3, -0.25) is 0 Å². The summed E-state index contributed by atoms with van der Waals surface area (Å²) < 4.78 is 10.9. The molecule has 4 unspecified atom stereocenters. The van der Waals surface area contributed by atoms with Gasteiger partial charge in [-0.05, 0) is 34.1 Å². The Labute approximate surface area is 121 Å². The van der Waals surface area contributed by atoms with E-state index < -0.39 is 17.5 Å². The third kappa shape index (κ3) is 4.49. The fourth-order valence-corrected chi connectivity index (χ4v) is 2.37. The van der Waals surface area contributed by atoms with Gasteiger partial charge < -0.3 is 19.9 Å². The van der Waals surface area contributed by atoms with Crippen LogP contribution < -0.4 is 5.32 Å². The molecule has 0 spiro atoms. The number of alkyl carbamates (subject to hydrolysis) is 1. The number of hydrogen-bond donors (Lipinski definition) is 2. The van der Waals surface area contributed by atoms with E-state index in [-0.39, 0.29) is 18.1 Å². The Bertz CT molecular complexity index is 363. The highest BCUT2D eigenvalue weighted by Gasteiger charge is 2.44. The Morgan fingerprint density at radius 3 is 2.65 bits per heavy atom. The highest BCUT2D eigenvalue weighted by Crippen LogP contribution is 2.35. The predicted molar refractivity (Wildman–Crippen MR) is 77.2 cm³/mol. The average Bonchev–Trinajstić information content (AvgIpc) is 2.23. The second kappa shape index (κ2) is 6.14. The van der Waals surface area contributed by atoms with Gasteiger partial charge in [0.25, 0.3) is 0 Å². The molecule has 4 atom stereocenters. The number of nitrogens with one attached hydrogen (secondary N) is 1. The van der Waals surface area contributed by atoms with Gasteiger partial charge in [-0.1, -0.05) is 13.0 Å². The quantitative estimate of drug-likeness (QED) is 0.782. The Hall–Kier alpha value is -1.07. The lowest BCUT2D eigenvalue weighted by molar-refractivity contribution is -0.280. The largest absolute Gasteiger partial charge is 0.444 e. The van der Waals surface area contributed by atoms with E-state index in [0.717, 1.165) is 0 Å². The minimum absolute atomic E-state index is 0.100. The van der Waals surface area contributed by atoms with Crippen molar-refractivity contribution < 1.29 is 19.4 Å². The monoisotopic (exact) mass is 285 g/mol. The van der Waals surface area contributed by atoms with Gasteiger partial charge in [0.1, 0.15) is 5.60 Å². The van der Waals surface area contributed by atoms with Crippen molar-refractivity contribution >= 4 is 6.09 Å². The molecular formula is C15H27NO4. The first kappa shape index (κ1) is 17.0. The maximum Gasteiger partial charge on any atom is 0.407 e. The number of hydrogen-bond acceptors (Lipinski definition) is 4. The van der Waals surface area contributed by atoms with Crippen LogP contribution in [0, 0.1) is 5.92 Å². The summed E-state index contributed by atoms with van der Waals surface area (Å²) in [5.74, 6) is -1.30. The second-order valence-electron chi connectivity index (χ2n) is 6.55. The summed E-state index contributed by atoms with van der Waals surface area (Å²) in [4.78, 5) is 11.8. The first-order valence-corrected chi connectivity index (χ1v) is 7.08. The minimum Gasteiger partial charge on any atom is -0.444 e. The molecule has 1 rings (SSSR count). The van der Waals surface area contributed by atoms with E-state index >= 15 is 0 Å². The number of aliphatic hydroxyl groups is 1. The zero-order chi connectivity index (χ0) is 15.6. The van der Waals surface area contributed by atoms with E-state index in [1.807, 2.05) is 34.6 Å². The zero-order valence-corrected chi connectivity index (χ0v) is 13.1. The molecule has 0 aromatic carbocycles. The molecule has 1 aliphatic rings. The summed E-state index contributed by atoms with van der Waals surface area (Å²) in [6.45, 7) is 12.8. The van der Waals surface area contributed by atoms with Crippen LogP contribution in [0.1, 0.15) is 47.5 Å². The summed E-state index contributed by atoms with van der Waals surface area (Å²) in [6, 6.07) is -0.176. The van der Waals surface area contributed by atoms with Crippen LogP contribution in [0.25, 0.3) is 0 Å². The standard InChI is InChI=1S/C15H27NO4/c1-7-8-15(18)10(2)9-12(11(3)19-15)16-13(17)20-14(4,5)6/h7,10-12,18H,1,8-9H2,2-6H3,(H,16,17). The summed E-state index contributed by atoms with van der Waals surface area (Å²) in [5.41, 5.74) is -0.530. The lowest BCUT2D eigenvalue weighted by Gasteiger charge is -2.44. The van der Waals surface area contributed by atoms with Gasteiger partial charge in [-0.25, -0.2) is 4.79 Å². The van der Waals surface area contributed by atoms with Crippen LogP contribution in [0.15, 0.2) is 12.7 Å². The molecule has 0 aromatic heterocycles. The predicted octanol–water partition coefficient (Wildman–Crippen LogP) is 2.59. The van der Waals surface area contributed by atoms with E-state index in [0.29, 0.717) is 12.8 Å². The smallest absolute Gasteiger partial charge is 0.407 e. The summed E-state index contributed by atoms with van der Waals surface area (Å²) in [5, 5.41) is 13.2. The van der Waals surface area contributed by atoms with Crippen molar-refractivity contribution in [2.24, 2.45) is 5.92 Å². The molecule has 20 heavy (non-hydrogen) atoms. The van der Waals surface area contributed by atoms with Gasteiger partial charge in [0, 0.05) is 12.3 Å². The maximum absolute atomic E-state index is 11.8. The molecule has 5 nitrogen and oxygen atoms in total. The molecule has 1 aliphatic heterocycles. The van der Waals surface area contributed by atoms with Crippen LogP contribution >= 0.6 is 0 Å². The lowest BCUT2D eigenvalue weighted by Crippen LogP contribution is -2.57. The van der Waals surface area contributed by atoms with Crippen molar-refractivity contribution in [3.63, 3.8) is 0 Å². The summed E-state index contributed by atoms with van der Waals surface area (Å²) in [6.07, 6.45) is 1.90. The maximum atomic E-state index is 11.8. The molecule has 1 fully saturated rings. The fourth-order valence-electron chi connectivity index (χ4n) is 2.37. The number of carbonyl (C=O) groups is 1. The van der Waals surface area contributed by atoms with E-state index in [9.17, 15) is 9.90 Å². The van der Waals surface area contributed by atoms with E-state index in [2.05, 4.69) is 11.9 Å². The number of ether oxygens (including phenoxy) is 2. The Morgan fingerprint density at radius 1 is 1.55 bits per heavy atom. The third-order valence-corrected chi connectivity index (χ3v) is 3.47. The van der Waals surface area contributed by atoms with Crippen molar-refractivity contribution in [2.45, 2.75) is 71.0 Å². The molecule has 0 radical (unpaired) electrons. The fraction of sp³-hybridized carbons (Fsp3) is 0.800. The molecule has 0 saturated carbocycles. The average molecular weight is 285 g/mol. The van der Waals surface area contributed by atoms with Crippen LogP contribution in [-0.4, -0.2) is 34.7 Å². The molecule has 1 amide bonds. The Morgan fingerprint density at radius 2 is 2.15 bits per heavy atom. The van der Waals surface area contributed by atoms with Crippen molar-refractivity contribution in [1.82, 2.24) is 5.32 Å². The van der Waals surface area contributed by atoms with E-state index in [1.165, 1.54) is 0 Å². The topological polar surface area (TPSA) is 67.8 Å². The SMILES string of the molecule is C=CCC1(O)OC(C)C(NC(=O)OC(C)(C)C)CC1C. The zero-order valence-electron chi connectivity index (χ0n) is 13.1. The van der Waals surface area contributed by atoms with Crippen molar-refractivity contribution in [3.05, 3.63) is 12.7 Å². The van der Waals surface area contributed by atoms with Crippen LogP contribution in [0.4, 0.5) is 4.79 Å². The van der Waals surface area contributed by atoms with Crippen LogP contribution in [-0.2, 0) is 9.47 Å². The number of amides is 1. The second-order valence-corrected chi connectivity index (χ2v) is 6.55. The minimum atomic E-state index is -1.20. The number of carbonyl (C=O) groups excluding carboxylic acids is 1. The van der Waals surface area contributed by atoms with E-state index in [4.69, 9.17) is 9.47 Å². The van der Waals surface area contributed by atoms with Gasteiger partial charge in [-0.15, -0.1) is 6.58 Å². The molecule has 0 bridgehead atoms. The summed E-state index contributed by atoms with van der Waals surface area (Å²) in [7, 11) is 0. The molecule has 2 N–H and O–H groups in total. The Balaban J connectivity index is 2.63. The third-order valence-electron chi connectivity index (χ3n) is 3.47. The van der Waals surface area contributed by atoms with Crippen molar-refractivity contribution in [2.75, 3.05) is 0 Å². The van der Waals surface area contributed by atoms with Crippen LogP contribution in [0.3, 0.4) is 0 Å². The van der Waals surface area contributed by atoms with E-state index in [1.54, 1.807) is 6.08 Å². The molecule has 0 aliphatic carbocycles. The normalized spacial score (nSPS) is 34.4. The molecule has 1 heterocycles. The van der Waals surface area contributed by atoms with Gasteiger partial charge in [0.05, 0.1) is 12.1 Å². The van der Waals surface area contributed by atoms with Crippen molar-refractivity contribution in [3.8, 4) is 0 Å². The molecule has 5 heteroatoms. The van der Waals surface area contributed by atoms with Gasteiger partial charge in [0.15, 0.2) is 5.79 Å². The first-order chi connectivity index (χ1) is 9.07. The molecule has 1 saturated heterocycles. The first-order valence-electron chi connectivity index (χ1n) is 7.08. The highest BCUT2D eigenvalue weighted by molar-refractivity contribution is 5.68. The van der Waals surface area contributed by atoms with Gasteiger partial charge in [0.2, 0.25) is 0 Å².